The molecule has 3 atom stereocenters. The van der Waals surface area contributed by atoms with Gasteiger partial charge in [0.1, 0.15) is 5.75 Å². The third kappa shape index (κ3) is 5.52. The van der Waals surface area contributed by atoms with E-state index in [0.29, 0.717) is 6.61 Å². The van der Waals surface area contributed by atoms with E-state index in [1.54, 1.807) is 7.11 Å². The second-order valence-electron chi connectivity index (χ2n) is 6.16. The maximum absolute atomic E-state index is 6.16. The molecule has 0 radical (unpaired) electrons. The topological polar surface area (TPSA) is 27.7 Å². The summed E-state index contributed by atoms with van der Waals surface area (Å²) in [5, 5.41) is 0. The van der Waals surface area contributed by atoms with Gasteiger partial charge < -0.3 is 14.2 Å². The Morgan fingerprint density at radius 1 is 1.35 bits per heavy atom. The summed E-state index contributed by atoms with van der Waals surface area (Å²) in [6.07, 6.45) is 7.54. The number of ether oxygens (including phenoxy) is 3. The van der Waals surface area contributed by atoms with Crippen molar-refractivity contribution in [3.05, 3.63) is 54.1 Å². The Balaban J connectivity index is 1.78. The maximum atomic E-state index is 6.16. The Labute approximate surface area is 139 Å². The molecule has 0 bridgehead atoms. The van der Waals surface area contributed by atoms with E-state index in [1.165, 1.54) is 5.57 Å². The lowest BCUT2D eigenvalue weighted by Gasteiger charge is -2.30. The van der Waals surface area contributed by atoms with Crippen molar-refractivity contribution in [1.82, 2.24) is 0 Å². The van der Waals surface area contributed by atoms with E-state index in [0.717, 1.165) is 30.6 Å². The summed E-state index contributed by atoms with van der Waals surface area (Å²) in [5.41, 5.74) is 2.47. The molecule has 126 valence electrons. The third-order valence-corrected chi connectivity index (χ3v) is 4.24. The van der Waals surface area contributed by atoms with E-state index in [-0.39, 0.29) is 18.3 Å². The summed E-state index contributed by atoms with van der Waals surface area (Å²) in [6.45, 7) is 8.67. The molecule has 0 N–H and O–H groups in total. The molecule has 3 heteroatoms. The first-order valence-electron chi connectivity index (χ1n) is 8.30. The van der Waals surface area contributed by atoms with E-state index >= 15 is 0 Å². The Morgan fingerprint density at radius 2 is 2.09 bits per heavy atom. The number of hydrogen-bond donors (Lipinski definition) is 0. The summed E-state index contributed by atoms with van der Waals surface area (Å²) in [4.78, 5) is 0. The first kappa shape index (κ1) is 17.8. The van der Waals surface area contributed by atoms with Gasteiger partial charge in [-0.05, 0) is 56.4 Å². The van der Waals surface area contributed by atoms with Crippen molar-refractivity contribution in [3.8, 4) is 5.75 Å². The number of methoxy groups -OCH3 is 1. The van der Waals surface area contributed by atoms with E-state index in [2.05, 4.69) is 26.5 Å². The molecule has 1 aliphatic rings. The van der Waals surface area contributed by atoms with Crippen LogP contribution >= 0.6 is 0 Å². The fourth-order valence-corrected chi connectivity index (χ4v) is 2.79. The van der Waals surface area contributed by atoms with Crippen LogP contribution in [0.5, 0.6) is 5.75 Å². The molecule has 0 spiro atoms. The lowest BCUT2D eigenvalue weighted by atomic mass is 9.99. The SMILES string of the molecule is C=CC[C@@H]1O[C@@H](C[C@@H](C)OCc2ccc(OC)cc2)CC=C1C. The molecule has 0 unspecified atom stereocenters. The fourth-order valence-electron chi connectivity index (χ4n) is 2.79. The minimum atomic E-state index is 0.165. The van der Waals surface area contributed by atoms with Gasteiger partial charge in [-0.2, -0.15) is 0 Å². The predicted octanol–water partition coefficient (Wildman–Crippen LogP) is 4.67. The second-order valence-corrected chi connectivity index (χ2v) is 6.16. The maximum Gasteiger partial charge on any atom is 0.118 e. The van der Waals surface area contributed by atoms with Crippen LogP contribution in [-0.2, 0) is 16.1 Å². The lowest BCUT2D eigenvalue weighted by Crippen LogP contribution is -2.30. The van der Waals surface area contributed by atoms with Crippen LogP contribution in [-0.4, -0.2) is 25.4 Å². The highest BCUT2D eigenvalue weighted by atomic mass is 16.5. The van der Waals surface area contributed by atoms with Crippen molar-refractivity contribution in [2.45, 2.75) is 58.0 Å². The molecule has 1 aromatic carbocycles. The van der Waals surface area contributed by atoms with Crippen LogP contribution in [0.1, 0.15) is 38.7 Å². The Bertz CT molecular complexity index is 518. The Hall–Kier alpha value is -1.58. The van der Waals surface area contributed by atoms with Crippen molar-refractivity contribution < 1.29 is 14.2 Å². The average Bonchev–Trinajstić information content (AvgIpc) is 2.57. The van der Waals surface area contributed by atoms with Gasteiger partial charge in [0.2, 0.25) is 0 Å². The number of hydrogen-bond acceptors (Lipinski definition) is 3. The van der Waals surface area contributed by atoms with Gasteiger partial charge in [-0.15, -0.1) is 6.58 Å². The molecule has 0 fully saturated rings. The van der Waals surface area contributed by atoms with Crippen LogP contribution < -0.4 is 4.74 Å². The summed E-state index contributed by atoms with van der Waals surface area (Å²) in [7, 11) is 1.67. The Morgan fingerprint density at radius 3 is 2.74 bits per heavy atom. The van der Waals surface area contributed by atoms with Gasteiger partial charge in [-0.25, -0.2) is 0 Å². The summed E-state index contributed by atoms with van der Waals surface area (Å²) >= 11 is 0. The van der Waals surface area contributed by atoms with Crippen LogP contribution in [0.2, 0.25) is 0 Å². The second kappa shape index (κ2) is 8.90. The van der Waals surface area contributed by atoms with Crippen LogP contribution in [0.3, 0.4) is 0 Å². The molecule has 0 saturated carbocycles. The summed E-state index contributed by atoms with van der Waals surface area (Å²) in [6, 6.07) is 7.99. The normalized spacial score (nSPS) is 22.3. The van der Waals surface area contributed by atoms with Gasteiger partial charge in [-0.3, -0.25) is 0 Å². The zero-order valence-electron chi connectivity index (χ0n) is 14.5. The summed E-state index contributed by atoms with van der Waals surface area (Å²) in [5.74, 6) is 0.868. The van der Waals surface area contributed by atoms with Crippen LogP contribution in [0, 0.1) is 0 Å². The Kier molecular flexibility index (Phi) is 6.87. The van der Waals surface area contributed by atoms with Crippen LogP contribution in [0.4, 0.5) is 0 Å². The van der Waals surface area contributed by atoms with Crippen molar-refractivity contribution in [1.29, 1.82) is 0 Å². The van der Waals surface area contributed by atoms with Crippen molar-refractivity contribution in [2.75, 3.05) is 7.11 Å². The van der Waals surface area contributed by atoms with Gasteiger partial charge in [0.15, 0.2) is 0 Å². The molecule has 0 amide bonds. The highest BCUT2D eigenvalue weighted by Gasteiger charge is 2.23. The third-order valence-electron chi connectivity index (χ3n) is 4.24. The molecular weight excluding hydrogens is 288 g/mol. The monoisotopic (exact) mass is 316 g/mol. The average molecular weight is 316 g/mol. The van der Waals surface area contributed by atoms with Crippen LogP contribution in [0.25, 0.3) is 0 Å². The number of rotatable bonds is 8. The number of benzene rings is 1. The molecule has 1 aliphatic heterocycles. The molecule has 0 aliphatic carbocycles. The molecule has 0 aromatic heterocycles. The highest BCUT2D eigenvalue weighted by Crippen LogP contribution is 2.25. The van der Waals surface area contributed by atoms with Gasteiger partial charge in [-0.1, -0.05) is 24.3 Å². The van der Waals surface area contributed by atoms with Gasteiger partial charge in [0.25, 0.3) is 0 Å². The molecule has 0 saturated heterocycles. The van der Waals surface area contributed by atoms with Gasteiger partial charge in [0.05, 0.1) is 32.0 Å². The van der Waals surface area contributed by atoms with Gasteiger partial charge in [0, 0.05) is 0 Å². The fraction of sp³-hybridized carbons (Fsp3) is 0.500. The molecule has 2 rings (SSSR count). The highest BCUT2D eigenvalue weighted by molar-refractivity contribution is 5.26. The quantitative estimate of drug-likeness (QED) is 0.652. The largest absolute Gasteiger partial charge is 0.497 e. The van der Waals surface area contributed by atoms with Crippen LogP contribution in [0.15, 0.2) is 48.6 Å². The van der Waals surface area contributed by atoms with E-state index in [9.17, 15) is 0 Å². The first-order chi connectivity index (χ1) is 11.1. The molecule has 1 heterocycles. The van der Waals surface area contributed by atoms with E-state index < -0.39 is 0 Å². The first-order valence-corrected chi connectivity index (χ1v) is 8.30. The van der Waals surface area contributed by atoms with Crippen molar-refractivity contribution in [3.63, 3.8) is 0 Å². The van der Waals surface area contributed by atoms with Gasteiger partial charge >= 0.3 is 0 Å². The minimum Gasteiger partial charge on any atom is -0.497 e. The smallest absolute Gasteiger partial charge is 0.118 e. The van der Waals surface area contributed by atoms with E-state index in [1.807, 2.05) is 30.3 Å². The molecule has 3 nitrogen and oxygen atoms in total. The predicted molar refractivity (Wildman–Crippen MR) is 93.7 cm³/mol. The van der Waals surface area contributed by atoms with Crippen molar-refractivity contribution in [2.24, 2.45) is 0 Å². The molecular formula is C20H28O3. The standard InChI is InChI=1S/C20H28O3/c1-5-6-20-15(2)7-10-19(23-20)13-16(3)22-14-17-8-11-18(21-4)12-9-17/h5,7-9,11-12,16,19-20H,1,6,10,13-14H2,2-4H3/t16-,19-,20+/m1/s1. The lowest BCUT2D eigenvalue weighted by molar-refractivity contribution is -0.0428. The van der Waals surface area contributed by atoms with E-state index in [4.69, 9.17) is 14.2 Å². The summed E-state index contributed by atoms with van der Waals surface area (Å²) < 4.78 is 17.3. The van der Waals surface area contributed by atoms with Crippen molar-refractivity contribution >= 4 is 0 Å². The minimum absolute atomic E-state index is 0.165. The molecule has 23 heavy (non-hydrogen) atoms. The zero-order valence-corrected chi connectivity index (χ0v) is 14.5. The zero-order chi connectivity index (χ0) is 16.7. The molecule has 1 aromatic rings.